The van der Waals surface area contributed by atoms with Crippen LogP contribution < -0.4 is 5.32 Å². The number of carbonyl (C=O) groups is 2. The molecule has 3 rings (SSSR count). The monoisotopic (exact) mass is 373 g/mol. The molecule has 1 N–H and O–H groups in total. The lowest BCUT2D eigenvalue weighted by molar-refractivity contribution is -0.126. The van der Waals surface area contributed by atoms with Gasteiger partial charge in [0.2, 0.25) is 11.7 Å². The second kappa shape index (κ2) is 9.17. The third-order valence-electron chi connectivity index (χ3n) is 5.25. The van der Waals surface area contributed by atoms with Gasteiger partial charge in [0, 0.05) is 10.8 Å². The Labute approximate surface area is 159 Å². The van der Waals surface area contributed by atoms with Crippen LogP contribution in [0.2, 0.25) is 0 Å². The van der Waals surface area contributed by atoms with E-state index in [1.54, 1.807) is 18.2 Å². The second-order valence-electron chi connectivity index (χ2n) is 7.15. The topological polar surface area (TPSA) is 59.3 Å². The zero-order valence-corrected chi connectivity index (χ0v) is 16.1. The molecule has 0 saturated heterocycles. The fraction of sp³-hybridized carbons (Fsp3) is 0.524. The van der Waals surface area contributed by atoms with Gasteiger partial charge in [-0.25, -0.2) is 0 Å². The van der Waals surface area contributed by atoms with Crippen molar-refractivity contribution in [2.75, 3.05) is 0 Å². The van der Waals surface area contributed by atoms with Crippen LogP contribution in [-0.4, -0.2) is 11.7 Å². The molecule has 1 saturated carbocycles. The van der Waals surface area contributed by atoms with E-state index in [1.165, 1.54) is 49.7 Å². The van der Waals surface area contributed by atoms with Crippen molar-refractivity contribution in [3.05, 3.63) is 46.0 Å². The van der Waals surface area contributed by atoms with Crippen LogP contribution in [0.15, 0.2) is 34.9 Å². The van der Waals surface area contributed by atoms with Gasteiger partial charge >= 0.3 is 0 Å². The minimum absolute atomic E-state index is 0.108. The van der Waals surface area contributed by atoms with Crippen LogP contribution in [-0.2, 0) is 11.3 Å². The first-order valence-corrected chi connectivity index (χ1v) is 10.4. The van der Waals surface area contributed by atoms with Crippen LogP contribution in [0.1, 0.15) is 72.2 Å². The van der Waals surface area contributed by atoms with Gasteiger partial charge in [0.25, 0.3) is 0 Å². The predicted molar refractivity (Wildman–Crippen MR) is 103 cm³/mol. The lowest BCUT2D eigenvalue weighted by atomic mass is 9.79. The van der Waals surface area contributed by atoms with Gasteiger partial charge in [0.15, 0.2) is 5.76 Å². The van der Waals surface area contributed by atoms with Crippen LogP contribution in [0.5, 0.6) is 0 Å². The van der Waals surface area contributed by atoms with Gasteiger partial charge in [-0.05, 0) is 55.9 Å². The molecular formula is C21H27NO3S. The molecule has 0 spiro atoms. The molecular weight excluding hydrogens is 346 g/mol. The zero-order valence-electron chi connectivity index (χ0n) is 15.3. The number of amides is 1. The summed E-state index contributed by atoms with van der Waals surface area (Å²) in [5.74, 6) is 1.36. The van der Waals surface area contributed by atoms with E-state index in [9.17, 15) is 9.59 Å². The van der Waals surface area contributed by atoms with Crippen molar-refractivity contribution in [2.24, 2.45) is 11.8 Å². The number of ketones is 1. The average molecular weight is 374 g/mol. The Kier molecular flexibility index (Phi) is 6.67. The number of nitrogens with one attached hydrogen (secondary N) is 1. The summed E-state index contributed by atoms with van der Waals surface area (Å²) in [6, 6.07) is 7.08. The van der Waals surface area contributed by atoms with Crippen LogP contribution >= 0.6 is 11.3 Å². The van der Waals surface area contributed by atoms with E-state index < -0.39 is 0 Å². The van der Waals surface area contributed by atoms with E-state index >= 15 is 0 Å². The number of rotatable bonds is 8. The highest BCUT2D eigenvalue weighted by Gasteiger charge is 2.26. The Bertz CT molecular complexity index is 711. The highest BCUT2D eigenvalue weighted by Crippen LogP contribution is 2.32. The fourth-order valence-corrected chi connectivity index (χ4v) is 4.54. The molecule has 0 unspecified atom stereocenters. The SMILES string of the molecule is CCCCC1CCC(C(=O)NCc2ccc(C(=O)c3ccco3)s2)CC1. The lowest BCUT2D eigenvalue weighted by Gasteiger charge is -2.27. The third-order valence-corrected chi connectivity index (χ3v) is 6.33. The summed E-state index contributed by atoms with van der Waals surface area (Å²) in [7, 11) is 0. The largest absolute Gasteiger partial charge is 0.461 e. The van der Waals surface area contributed by atoms with Gasteiger partial charge < -0.3 is 9.73 Å². The van der Waals surface area contributed by atoms with Gasteiger partial charge in [-0.1, -0.05) is 26.2 Å². The Morgan fingerprint density at radius 3 is 2.69 bits per heavy atom. The van der Waals surface area contributed by atoms with Gasteiger partial charge in [0.05, 0.1) is 17.7 Å². The molecule has 26 heavy (non-hydrogen) atoms. The van der Waals surface area contributed by atoms with E-state index in [-0.39, 0.29) is 17.6 Å². The Morgan fingerprint density at radius 1 is 1.19 bits per heavy atom. The molecule has 0 aromatic carbocycles. The van der Waals surface area contributed by atoms with E-state index in [0.717, 1.165) is 23.6 Å². The summed E-state index contributed by atoms with van der Waals surface area (Å²) in [6.45, 7) is 2.72. The summed E-state index contributed by atoms with van der Waals surface area (Å²) in [5, 5.41) is 3.05. The van der Waals surface area contributed by atoms with E-state index in [4.69, 9.17) is 4.42 Å². The molecule has 2 heterocycles. The average Bonchev–Trinajstić information content (AvgIpc) is 3.36. The van der Waals surface area contributed by atoms with Gasteiger partial charge in [0.1, 0.15) is 0 Å². The van der Waals surface area contributed by atoms with Crippen molar-refractivity contribution >= 4 is 23.0 Å². The van der Waals surface area contributed by atoms with Crippen LogP contribution in [0.3, 0.4) is 0 Å². The molecule has 140 valence electrons. The highest BCUT2D eigenvalue weighted by atomic mass is 32.1. The quantitative estimate of drug-likeness (QED) is 0.648. The maximum absolute atomic E-state index is 12.4. The van der Waals surface area contributed by atoms with Gasteiger partial charge in [-0.3, -0.25) is 9.59 Å². The Hall–Kier alpha value is -1.88. The maximum atomic E-state index is 12.4. The first-order valence-electron chi connectivity index (χ1n) is 9.62. The summed E-state index contributed by atoms with van der Waals surface area (Å²) < 4.78 is 5.16. The van der Waals surface area contributed by atoms with Crippen LogP contribution in [0, 0.1) is 11.8 Å². The van der Waals surface area contributed by atoms with E-state index in [1.807, 2.05) is 6.07 Å². The minimum Gasteiger partial charge on any atom is -0.461 e. The van der Waals surface area contributed by atoms with Crippen molar-refractivity contribution in [1.29, 1.82) is 0 Å². The van der Waals surface area contributed by atoms with E-state index in [0.29, 0.717) is 17.2 Å². The van der Waals surface area contributed by atoms with Crippen molar-refractivity contribution in [2.45, 2.75) is 58.4 Å². The maximum Gasteiger partial charge on any atom is 0.238 e. The molecule has 0 aliphatic heterocycles. The molecule has 2 aromatic heterocycles. The summed E-state index contributed by atoms with van der Waals surface area (Å²) >= 11 is 1.41. The molecule has 1 aliphatic carbocycles. The zero-order chi connectivity index (χ0) is 18.4. The standard InChI is InChI=1S/C21H27NO3S/c1-2-3-5-15-7-9-16(10-8-15)21(24)22-14-17-11-12-19(26-17)20(23)18-6-4-13-25-18/h4,6,11-13,15-16H,2-3,5,7-10,14H2,1H3,(H,22,24). The third kappa shape index (κ3) is 4.85. The van der Waals surface area contributed by atoms with Crippen molar-refractivity contribution in [3.63, 3.8) is 0 Å². The van der Waals surface area contributed by atoms with Crippen molar-refractivity contribution in [1.82, 2.24) is 5.32 Å². The summed E-state index contributed by atoms with van der Waals surface area (Å²) in [5.41, 5.74) is 0. The molecule has 0 radical (unpaired) electrons. The first kappa shape index (κ1) is 18.9. The number of carbonyl (C=O) groups excluding carboxylic acids is 2. The van der Waals surface area contributed by atoms with Crippen molar-refractivity contribution < 1.29 is 14.0 Å². The molecule has 5 heteroatoms. The van der Waals surface area contributed by atoms with Crippen LogP contribution in [0.25, 0.3) is 0 Å². The summed E-state index contributed by atoms with van der Waals surface area (Å²) in [6.07, 6.45) is 9.74. The molecule has 2 aromatic rings. The number of hydrogen-bond acceptors (Lipinski definition) is 4. The lowest BCUT2D eigenvalue weighted by Crippen LogP contribution is -2.32. The van der Waals surface area contributed by atoms with Gasteiger partial charge in [-0.2, -0.15) is 0 Å². The first-order chi connectivity index (χ1) is 12.7. The Morgan fingerprint density at radius 2 is 2.00 bits per heavy atom. The predicted octanol–water partition coefficient (Wildman–Crippen LogP) is 5.18. The number of unbranched alkanes of at least 4 members (excludes halogenated alkanes) is 1. The van der Waals surface area contributed by atoms with E-state index in [2.05, 4.69) is 12.2 Å². The Balaban J connectivity index is 1.45. The fourth-order valence-electron chi connectivity index (χ4n) is 3.65. The number of hydrogen-bond donors (Lipinski definition) is 1. The molecule has 1 fully saturated rings. The number of thiophene rings is 1. The second-order valence-corrected chi connectivity index (χ2v) is 8.32. The van der Waals surface area contributed by atoms with Crippen LogP contribution in [0.4, 0.5) is 0 Å². The number of furan rings is 1. The van der Waals surface area contributed by atoms with Gasteiger partial charge in [-0.15, -0.1) is 11.3 Å². The summed E-state index contributed by atoms with van der Waals surface area (Å²) in [4.78, 5) is 26.3. The molecule has 0 atom stereocenters. The minimum atomic E-state index is -0.108. The molecule has 4 nitrogen and oxygen atoms in total. The normalized spacial score (nSPS) is 20.0. The van der Waals surface area contributed by atoms with Crippen molar-refractivity contribution in [3.8, 4) is 0 Å². The molecule has 0 bridgehead atoms. The molecule has 1 amide bonds. The molecule has 1 aliphatic rings. The highest BCUT2D eigenvalue weighted by molar-refractivity contribution is 7.14. The smallest absolute Gasteiger partial charge is 0.238 e.